The van der Waals surface area contributed by atoms with Crippen LogP contribution in [0, 0.1) is 12.3 Å². The number of aryl methyl sites for hydroxylation is 2. The minimum absolute atomic E-state index is 0.213. The molecule has 3 nitrogen and oxygen atoms in total. The number of hydrogen-bond donors (Lipinski definition) is 0. The van der Waals surface area contributed by atoms with Crippen molar-refractivity contribution in [3.8, 4) is 12.3 Å². The van der Waals surface area contributed by atoms with E-state index in [0.717, 1.165) is 27.5 Å². The molecule has 130 valence electrons. The first kappa shape index (κ1) is 17.3. The van der Waals surface area contributed by atoms with Gasteiger partial charge < -0.3 is 4.57 Å². The summed E-state index contributed by atoms with van der Waals surface area (Å²) in [7, 11) is 0. The second-order valence-electron chi connectivity index (χ2n) is 6.39. The van der Waals surface area contributed by atoms with Crippen LogP contribution in [-0.4, -0.2) is 10.5 Å². The van der Waals surface area contributed by atoms with Gasteiger partial charge in [-0.2, -0.15) is 4.99 Å². The van der Waals surface area contributed by atoms with E-state index in [1.807, 2.05) is 34.9 Å². The molecule has 0 aliphatic heterocycles. The van der Waals surface area contributed by atoms with Crippen molar-refractivity contribution in [3.05, 3.63) is 62.4 Å². The summed E-state index contributed by atoms with van der Waals surface area (Å²) in [5.74, 6) is 2.44. The monoisotopic (exact) mass is 424 g/mol. The van der Waals surface area contributed by atoms with Gasteiger partial charge in [0, 0.05) is 10.0 Å². The van der Waals surface area contributed by atoms with Crippen LogP contribution in [0.1, 0.15) is 34.3 Å². The van der Waals surface area contributed by atoms with E-state index in [-0.39, 0.29) is 5.91 Å². The van der Waals surface area contributed by atoms with E-state index >= 15 is 0 Å². The van der Waals surface area contributed by atoms with Crippen LogP contribution in [0.25, 0.3) is 10.2 Å². The van der Waals surface area contributed by atoms with E-state index in [2.05, 4.69) is 32.9 Å². The van der Waals surface area contributed by atoms with Crippen molar-refractivity contribution in [1.29, 1.82) is 0 Å². The Balaban J connectivity index is 1.79. The first-order valence-corrected chi connectivity index (χ1v) is 10.2. The van der Waals surface area contributed by atoms with Crippen molar-refractivity contribution in [3.63, 3.8) is 0 Å². The molecule has 1 amide bonds. The van der Waals surface area contributed by atoms with E-state index in [0.29, 0.717) is 16.9 Å². The Morgan fingerprint density at radius 3 is 2.81 bits per heavy atom. The molecule has 0 saturated carbocycles. The molecule has 4 rings (SSSR count). The third kappa shape index (κ3) is 3.27. The maximum Gasteiger partial charge on any atom is 0.279 e. The summed E-state index contributed by atoms with van der Waals surface area (Å²) in [6.45, 7) is 0.387. The van der Waals surface area contributed by atoms with Crippen LogP contribution in [0.15, 0.2) is 45.9 Å². The van der Waals surface area contributed by atoms with E-state index < -0.39 is 0 Å². The van der Waals surface area contributed by atoms with Gasteiger partial charge in [-0.3, -0.25) is 4.79 Å². The molecule has 0 N–H and O–H groups in total. The third-order valence-electron chi connectivity index (χ3n) is 4.69. The van der Waals surface area contributed by atoms with Crippen LogP contribution in [0.2, 0.25) is 0 Å². The SMILES string of the molecule is C#CCn1c(=NC(=O)c2ccc3c(c2)CCCC3)sc2cc(Br)ccc21. The summed E-state index contributed by atoms with van der Waals surface area (Å²) in [6.07, 6.45) is 10.1. The maximum atomic E-state index is 12.8. The molecule has 1 aliphatic rings. The molecule has 26 heavy (non-hydrogen) atoms. The number of benzene rings is 2. The number of carbonyl (C=O) groups is 1. The predicted molar refractivity (Wildman–Crippen MR) is 109 cm³/mol. The largest absolute Gasteiger partial charge is 0.305 e. The Morgan fingerprint density at radius 1 is 1.19 bits per heavy atom. The number of amides is 1. The van der Waals surface area contributed by atoms with E-state index in [4.69, 9.17) is 6.42 Å². The number of halogens is 1. The zero-order valence-corrected chi connectivity index (χ0v) is 16.6. The second-order valence-corrected chi connectivity index (χ2v) is 8.32. The Labute approximate surface area is 164 Å². The van der Waals surface area contributed by atoms with Gasteiger partial charge in [0.1, 0.15) is 0 Å². The Bertz CT molecular complexity index is 1120. The van der Waals surface area contributed by atoms with Crippen LogP contribution in [0.3, 0.4) is 0 Å². The molecule has 0 spiro atoms. The van der Waals surface area contributed by atoms with E-state index in [1.165, 1.54) is 35.3 Å². The standard InChI is InChI=1S/C21H17BrN2OS/c1-2-11-24-18-10-9-17(22)13-19(18)26-21(24)23-20(25)16-8-7-14-5-3-4-6-15(14)12-16/h1,7-10,12-13H,3-6,11H2. The zero-order valence-electron chi connectivity index (χ0n) is 14.2. The second kappa shape index (κ2) is 7.22. The molecule has 0 atom stereocenters. The normalized spacial score (nSPS) is 14.2. The molecule has 1 aliphatic carbocycles. The van der Waals surface area contributed by atoms with Crippen molar-refractivity contribution in [2.24, 2.45) is 4.99 Å². The number of carbonyl (C=O) groups excluding carboxylic acids is 1. The Morgan fingerprint density at radius 2 is 2.00 bits per heavy atom. The van der Waals surface area contributed by atoms with Gasteiger partial charge in [0.15, 0.2) is 4.80 Å². The van der Waals surface area contributed by atoms with Gasteiger partial charge in [-0.05, 0) is 67.1 Å². The fourth-order valence-corrected chi connectivity index (χ4v) is 4.97. The quantitative estimate of drug-likeness (QED) is 0.548. The Kier molecular flexibility index (Phi) is 4.80. The summed E-state index contributed by atoms with van der Waals surface area (Å²) >= 11 is 4.97. The van der Waals surface area contributed by atoms with Gasteiger partial charge in [0.25, 0.3) is 5.91 Å². The van der Waals surface area contributed by atoms with Crippen molar-refractivity contribution in [1.82, 2.24) is 4.57 Å². The molecule has 1 heterocycles. The van der Waals surface area contributed by atoms with Gasteiger partial charge in [-0.25, -0.2) is 0 Å². The van der Waals surface area contributed by atoms with E-state index in [9.17, 15) is 4.79 Å². The van der Waals surface area contributed by atoms with Gasteiger partial charge in [0.05, 0.1) is 16.8 Å². The highest BCUT2D eigenvalue weighted by Crippen LogP contribution is 2.24. The number of hydrogen-bond acceptors (Lipinski definition) is 2. The lowest BCUT2D eigenvalue weighted by Crippen LogP contribution is -2.16. The molecule has 3 aromatic rings. The number of rotatable bonds is 2. The van der Waals surface area contributed by atoms with Crippen LogP contribution in [-0.2, 0) is 19.4 Å². The van der Waals surface area contributed by atoms with Crippen molar-refractivity contribution >= 4 is 43.4 Å². The number of terminal acetylenes is 1. The lowest BCUT2D eigenvalue weighted by atomic mass is 9.90. The molecule has 0 radical (unpaired) electrons. The first-order chi connectivity index (χ1) is 12.7. The van der Waals surface area contributed by atoms with Crippen LogP contribution in [0.5, 0.6) is 0 Å². The van der Waals surface area contributed by atoms with Gasteiger partial charge in [-0.1, -0.05) is 39.3 Å². The summed E-state index contributed by atoms with van der Waals surface area (Å²) in [5, 5.41) is 0. The molecular weight excluding hydrogens is 408 g/mol. The predicted octanol–water partition coefficient (Wildman–Crippen LogP) is 4.72. The lowest BCUT2D eigenvalue weighted by molar-refractivity contribution is 0.0998. The maximum absolute atomic E-state index is 12.8. The molecule has 0 bridgehead atoms. The zero-order chi connectivity index (χ0) is 18.1. The van der Waals surface area contributed by atoms with Crippen molar-refractivity contribution < 1.29 is 4.79 Å². The fraction of sp³-hybridized carbons (Fsp3) is 0.238. The molecule has 0 saturated heterocycles. The molecule has 2 aromatic carbocycles. The highest BCUT2D eigenvalue weighted by atomic mass is 79.9. The molecule has 5 heteroatoms. The summed E-state index contributed by atoms with van der Waals surface area (Å²) in [4.78, 5) is 17.8. The summed E-state index contributed by atoms with van der Waals surface area (Å²) < 4.78 is 3.96. The lowest BCUT2D eigenvalue weighted by Gasteiger charge is -2.15. The van der Waals surface area contributed by atoms with E-state index in [1.54, 1.807) is 0 Å². The average Bonchev–Trinajstić information content (AvgIpc) is 2.98. The number of aromatic nitrogens is 1. The molecule has 0 fully saturated rings. The Hall–Kier alpha value is -2.16. The number of thiazole rings is 1. The van der Waals surface area contributed by atoms with Crippen LogP contribution >= 0.6 is 27.3 Å². The van der Waals surface area contributed by atoms with Crippen molar-refractivity contribution in [2.75, 3.05) is 0 Å². The minimum atomic E-state index is -0.213. The highest BCUT2D eigenvalue weighted by molar-refractivity contribution is 9.10. The minimum Gasteiger partial charge on any atom is -0.305 e. The smallest absolute Gasteiger partial charge is 0.279 e. The highest BCUT2D eigenvalue weighted by Gasteiger charge is 2.13. The first-order valence-electron chi connectivity index (χ1n) is 8.59. The summed E-state index contributed by atoms with van der Waals surface area (Å²) in [5.41, 5.74) is 4.29. The third-order valence-corrected chi connectivity index (χ3v) is 6.22. The molecule has 1 aromatic heterocycles. The van der Waals surface area contributed by atoms with Crippen LogP contribution in [0.4, 0.5) is 0 Å². The fourth-order valence-electron chi connectivity index (χ4n) is 3.39. The number of nitrogens with zero attached hydrogens (tertiary/aromatic N) is 2. The van der Waals surface area contributed by atoms with Gasteiger partial charge in [0.2, 0.25) is 0 Å². The molecule has 0 unspecified atom stereocenters. The van der Waals surface area contributed by atoms with Crippen LogP contribution < -0.4 is 4.80 Å². The summed E-state index contributed by atoms with van der Waals surface area (Å²) in [6, 6.07) is 12.0. The van der Waals surface area contributed by atoms with Crippen molar-refractivity contribution in [2.45, 2.75) is 32.2 Å². The van der Waals surface area contributed by atoms with Gasteiger partial charge >= 0.3 is 0 Å². The topological polar surface area (TPSA) is 34.4 Å². The van der Waals surface area contributed by atoms with Gasteiger partial charge in [-0.15, -0.1) is 6.42 Å². The molecular formula is C21H17BrN2OS. The average molecular weight is 425 g/mol. The number of fused-ring (bicyclic) bond motifs is 2.